The lowest BCUT2D eigenvalue weighted by Gasteiger charge is -2.09. The van der Waals surface area contributed by atoms with Gasteiger partial charge in [-0.1, -0.05) is 0 Å². The Labute approximate surface area is 93.4 Å². The first kappa shape index (κ1) is 12.0. The molecule has 0 radical (unpaired) electrons. The van der Waals surface area contributed by atoms with Crippen LogP contribution >= 0.6 is 0 Å². The zero-order valence-electron chi connectivity index (χ0n) is 8.93. The number of aliphatic carboxylic acids is 1. The van der Waals surface area contributed by atoms with Crippen LogP contribution < -0.4 is 10.5 Å². The number of hydrogen-bond acceptors (Lipinski definition) is 3. The second-order valence-electron chi connectivity index (χ2n) is 3.49. The summed E-state index contributed by atoms with van der Waals surface area (Å²) in [6.07, 6.45) is 0. The van der Waals surface area contributed by atoms with Gasteiger partial charge in [-0.25, -0.2) is 0 Å². The highest BCUT2D eigenvalue weighted by Gasteiger charge is 2.11. The van der Waals surface area contributed by atoms with Crippen molar-refractivity contribution in [3.8, 4) is 5.75 Å². The molecule has 1 atom stereocenters. The molecule has 0 unspecified atom stereocenters. The molecule has 1 aromatic rings. The van der Waals surface area contributed by atoms with Crippen molar-refractivity contribution in [3.63, 3.8) is 0 Å². The van der Waals surface area contributed by atoms with Gasteiger partial charge in [-0.15, -0.1) is 0 Å². The van der Waals surface area contributed by atoms with Gasteiger partial charge in [0, 0.05) is 5.56 Å². The van der Waals surface area contributed by atoms with Crippen LogP contribution in [0.3, 0.4) is 0 Å². The van der Waals surface area contributed by atoms with E-state index in [4.69, 9.17) is 21.0 Å². The molecule has 0 saturated carbocycles. The van der Waals surface area contributed by atoms with Crippen LogP contribution in [0.2, 0.25) is 0 Å². The van der Waals surface area contributed by atoms with Crippen LogP contribution in [-0.2, 0) is 4.79 Å². The summed E-state index contributed by atoms with van der Waals surface area (Å²) < 4.78 is 5.27. The van der Waals surface area contributed by atoms with Crippen LogP contribution in [0.1, 0.15) is 12.5 Å². The van der Waals surface area contributed by atoms with Crippen LogP contribution in [0.4, 0.5) is 0 Å². The third-order valence-electron chi connectivity index (χ3n) is 2.09. The number of ether oxygens (including phenoxy) is 1. The van der Waals surface area contributed by atoms with E-state index in [9.17, 15) is 4.79 Å². The third-order valence-corrected chi connectivity index (χ3v) is 2.09. The number of rotatable bonds is 5. The third kappa shape index (κ3) is 3.27. The maximum Gasteiger partial charge on any atom is 0.309 e. The molecular weight excluding hydrogens is 208 g/mol. The normalized spacial score (nSPS) is 11.8. The molecule has 0 fully saturated rings. The predicted octanol–water partition coefficient (Wildman–Crippen LogP) is 1.07. The SMILES string of the molecule is C[C@H](COc1ccc(C(=N)N)cc1)C(=O)O. The molecule has 5 nitrogen and oxygen atoms in total. The molecule has 16 heavy (non-hydrogen) atoms. The highest BCUT2D eigenvalue weighted by Crippen LogP contribution is 2.12. The molecule has 0 aromatic heterocycles. The molecule has 0 aliphatic rings. The average Bonchev–Trinajstić information content (AvgIpc) is 2.26. The Hall–Kier alpha value is -2.04. The van der Waals surface area contributed by atoms with Gasteiger partial charge in [0.1, 0.15) is 18.2 Å². The maximum absolute atomic E-state index is 10.5. The predicted molar refractivity (Wildman–Crippen MR) is 59.8 cm³/mol. The van der Waals surface area contributed by atoms with E-state index in [2.05, 4.69) is 0 Å². The monoisotopic (exact) mass is 222 g/mol. The summed E-state index contributed by atoms with van der Waals surface area (Å²) in [6.45, 7) is 1.70. The summed E-state index contributed by atoms with van der Waals surface area (Å²) in [6, 6.07) is 6.63. The standard InChI is InChI=1S/C11H14N2O3/c1-7(11(14)15)6-16-9-4-2-8(3-5-9)10(12)13/h2-5,7H,6H2,1H3,(H3,12,13)(H,14,15)/t7-/m1/s1. The van der Waals surface area contributed by atoms with Crippen molar-refractivity contribution in [1.29, 1.82) is 5.41 Å². The summed E-state index contributed by atoms with van der Waals surface area (Å²) in [5.41, 5.74) is 5.90. The molecule has 86 valence electrons. The van der Waals surface area contributed by atoms with Crippen LogP contribution in [0.15, 0.2) is 24.3 Å². The number of carboxylic acids is 1. The van der Waals surface area contributed by atoms with E-state index in [1.807, 2.05) is 0 Å². The number of carboxylic acid groups (broad SMARTS) is 1. The molecule has 0 saturated heterocycles. The second kappa shape index (κ2) is 5.16. The Balaban J connectivity index is 2.56. The van der Waals surface area contributed by atoms with Gasteiger partial charge in [0.2, 0.25) is 0 Å². The van der Waals surface area contributed by atoms with Crippen molar-refractivity contribution in [2.24, 2.45) is 11.7 Å². The van der Waals surface area contributed by atoms with Gasteiger partial charge in [0.25, 0.3) is 0 Å². The van der Waals surface area contributed by atoms with Gasteiger partial charge in [-0.2, -0.15) is 0 Å². The summed E-state index contributed by atoms with van der Waals surface area (Å²) in [7, 11) is 0. The van der Waals surface area contributed by atoms with E-state index in [0.717, 1.165) is 0 Å². The first-order chi connectivity index (χ1) is 7.50. The molecule has 1 rings (SSSR count). The lowest BCUT2D eigenvalue weighted by Crippen LogP contribution is -2.18. The fraction of sp³-hybridized carbons (Fsp3) is 0.273. The van der Waals surface area contributed by atoms with Crippen molar-refractivity contribution < 1.29 is 14.6 Å². The number of amidine groups is 1. The van der Waals surface area contributed by atoms with Crippen molar-refractivity contribution in [2.45, 2.75) is 6.92 Å². The molecule has 0 aliphatic carbocycles. The summed E-state index contributed by atoms with van der Waals surface area (Å²) >= 11 is 0. The first-order valence-corrected chi connectivity index (χ1v) is 4.80. The van der Waals surface area contributed by atoms with Gasteiger partial charge in [-0.3, -0.25) is 10.2 Å². The fourth-order valence-corrected chi connectivity index (χ4v) is 1.02. The minimum Gasteiger partial charge on any atom is -0.493 e. The average molecular weight is 222 g/mol. The van der Waals surface area contributed by atoms with Gasteiger partial charge < -0.3 is 15.6 Å². The molecule has 1 aromatic carbocycles. The van der Waals surface area contributed by atoms with Crippen LogP contribution in [0.5, 0.6) is 5.75 Å². The van der Waals surface area contributed by atoms with Crippen LogP contribution in [0, 0.1) is 11.3 Å². The largest absolute Gasteiger partial charge is 0.493 e. The molecule has 0 aliphatic heterocycles. The Morgan fingerprint density at radius 1 is 1.50 bits per heavy atom. The Morgan fingerprint density at radius 2 is 2.06 bits per heavy atom. The first-order valence-electron chi connectivity index (χ1n) is 4.80. The molecule has 0 heterocycles. The van der Waals surface area contributed by atoms with E-state index in [1.54, 1.807) is 31.2 Å². The maximum atomic E-state index is 10.5. The molecular formula is C11H14N2O3. The molecule has 5 heteroatoms. The van der Waals surface area contributed by atoms with E-state index in [1.165, 1.54) is 0 Å². The van der Waals surface area contributed by atoms with Gasteiger partial charge in [0.05, 0.1) is 5.92 Å². The highest BCUT2D eigenvalue weighted by atomic mass is 16.5. The smallest absolute Gasteiger partial charge is 0.309 e. The number of nitrogens with one attached hydrogen (secondary N) is 1. The Kier molecular flexibility index (Phi) is 3.88. The van der Waals surface area contributed by atoms with Gasteiger partial charge in [-0.05, 0) is 31.2 Å². The lowest BCUT2D eigenvalue weighted by molar-refractivity contribution is -0.142. The van der Waals surface area contributed by atoms with Crippen LogP contribution in [-0.4, -0.2) is 23.5 Å². The minimum absolute atomic E-state index is 0.00884. The zero-order valence-corrected chi connectivity index (χ0v) is 8.93. The van der Waals surface area contributed by atoms with Crippen molar-refractivity contribution >= 4 is 11.8 Å². The molecule has 0 bridgehead atoms. The second-order valence-corrected chi connectivity index (χ2v) is 3.49. The summed E-state index contributed by atoms with van der Waals surface area (Å²) in [5, 5.41) is 15.8. The van der Waals surface area contributed by atoms with Gasteiger partial charge >= 0.3 is 5.97 Å². The highest BCUT2D eigenvalue weighted by molar-refractivity contribution is 5.94. The molecule has 4 N–H and O–H groups in total. The van der Waals surface area contributed by atoms with Crippen molar-refractivity contribution in [3.05, 3.63) is 29.8 Å². The Morgan fingerprint density at radius 3 is 2.50 bits per heavy atom. The van der Waals surface area contributed by atoms with E-state index >= 15 is 0 Å². The van der Waals surface area contributed by atoms with E-state index in [0.29, 0.717) is 11.3 Å². The van der Waals surface area contributed by atoms with Gasteiger partial charge in [0.15, 0.2) is 0 Å². The van der Waals surface area contributed by atoms with Crippen molar-refractivity contribution in [2.75, 3.05) is 6.61 Å². The zero-order chi connectivity index (χ0) is 12.1. The Bertz CT molecular complexity index is 387. The minimum atomic E-state index is -0.889. The number of carbonyl (C=O) groups is 1. The number of benzene rings is 1. The topological polar surface area (TPSA) is 96.4 Å². The van der Waals surface area contributed by atoms with E-state index in [-0.39, 0.29) is 12.4 Å². The fourth-order valence-electron chi connectivity index (χ4n) is 1.02. The number of hydrogen-bond donors (Lipinski definition) is 3. The summed E-state index contributed by atoms with van der Waals surface area (Å²) in [5.74, 6) is -0.878. The van der Waals surface area contributed by atoms with Crippen LogP contribution in [0.25, 0.3) is 0 Å². The molecule has 0 spiro atoms. The lowest BCUT2D eigenvalue weighted by atomic mass is 10.2. The quantitative estimate of drug-likeness (QED) is 0.512. The van der Waals surface area contributed by atoms with E-state index < -0.39 is 11.9 Å². The van der Waals surface area contributed by atoms with Crippen molar-refractivity contribution in [1.82, 2.24) is 0 Å². The summed E-state index contributed by atoms with van der Waals surface area (Å²) in [4.78, 5) is 10.5. The number of nitrogen functional groups attached to an aromatic ring is 1. The number of nitrogens with two attached hydrogens (primary N) is 1. The molecule has 0 amide bonds.